The summed E-state index contributed by atoms with van der Waals surface area (Å²) in [5.41, 5.74) is 0.0579. The molecule has 2 bridgehead atoms. The second kappa shape index (κ2) is 5.09. The van der Waals surface area contributed by atoms with Crippen molar-refractivity contribution in [2.75, 3.05) is 0 Å². The number of rotatable bonds is 4. The average molecular weight is 308 g/mol. The van der Waals surface area contributed by atoms with Gasteiger partial charge in [-0.3, -0.25) is 9.59 Å². The summed E-state index contributed by atoms with van der Waals surface area (Å²) in [4.78, 5) is 30.5. The molecule has 0 unspecified atom stereocenters. The van der Waals surface area contributed by atoms with Crippen LogP contribution in [0.3, 0.4) is 0 Å². The smallest absolute Gasteiger partial charge is 0.311 e. The molecule has 1 aromatic rings. The van der Waals surface area contributed by atoms with Gasteiger partial charge in [-0.25, -0.2) is 4.98 Å². The highest BCUT2D eigenvalue weighted by atomic mass is 32.1. The lowest BCUT2D eigenvalue weighted by molar-refractivity contribution is -0.151. The summed E-state index contributed by atoms with van der Waals surface area (Å²) in [6.07, 6.45) is 3.22. The standard InChI is InChI=1S/C15H20N2O3S/c1-3-15(14(19)20)7-11-4-5-12(15)17(11)13(18)6-10-8-21-9(2)16-10/h8,11-12H,3-7H2,1-2H3,(H,19,20)/t11-,12+,15+/m0/s1. The van der Waals surface area contributed by atoms with Gasteiger partial charge >= 0.3 is 5.97 Å². The van der Waals surface area contributed by atoms with Crippen LogP contribution in [0.15, 0.2) is 5.38 Å². The van der Waals surface area contributed by atoms with Crippen LogP contribution >= 0.6 is 11.3 Å². The number of hydrogen-bond acceptors (Lipinski definition) is 4. The highest BCUT2D eigenvalue weighted by Gasteiger charge is 2.60. The van der Waals surface area contributed by atoms with Crippen LogP contribution < -0.4 is 0 Å². The van der Waals surface area contributed by atoms with Crippen molar-refractivity contribution in [1.29, 1.82) is 0 Å². The largest absolute Gasteiger partial charge is 0.481 e. The maximum absolute atomic E-state index is 12.6. The van der Waals surface area contributed by atoms with Gasteiger partial charge in [0.05, 0.1) is 22.5 Å². The summed E-state index contributed by atoms with van der Waals surface area (Å²) in [6, 6.07) is -0.0458. The minimum Gasteiger partial charge on any atom is -0.481 e. The topological polar surface area (TPSA) is 70.5 Å². The second-order valence-corrected chi connectivity index (χ2v) is 7.16. The number of hydrogen-bond donors (Lipinski definition) is 1. The Labute approximate surface area is 128 Å². The van der Waals surface area contributed by atoms with Gasteiger partial charge in [-0.1, -0.05) is 6.92 Å². The van der Waals surface area contributed by atoms with Crippen molar-refractivity contribution in [3.8, 4) is 0 Å². The van der Waals surface area contributed by atoms with Gasteiger partial charge in [-0.15, -0.1) is 11.3 Å². The molecule has 5 nitrogen and oxygen atoms in total. The number of nitrogens with zero attached hydrogens (tertiary/aromatic N) is 2. The van der Waals surface area contributed by atoms with Crippen LogP contribution in [0.25, 0.3) is 0 Å². The molecule has 2 aliphatic rings. The van der Waals surface area contributed by atoms with Gasteiger partial charge < -0.3 is 10.0 Å². The van der Waals surface area contributed by atoms with E-state index in [-0.39, 0.29) is 24.4 Å². The van der Waals surface area contributed by atoms with Crippen molar-refractivity contribution in [3.63, 3.8) is 0 Å². The lowest BCUT2D eigenvalue weighted by Gasteiger charge is -2.32. The third-order valence-corrected chi connectivity index (χ3v) is 5.91. The average Bonchev–Trinajstić information content (AvgIpc) is 3.11. The number of carbonyl (C=O) groups excluding carboxylic acids is 1. The molecule has 114 valence electrons. The molecule has 1 amide bonds. The number of aliphatic carboxylic acids is 1. The van der Waals surface area contributed by atoms with Crippen molar-refractivity contribution in [3.05, 3.63) is 16.1 Å². The van der Waals surface area contributed by atoms with Crippen LogP contribution in [0.1, 0.15) is 43.3 Å². The summed E-state index contributed by atoms with van der Waals surface area (Å²) in [5, 5.41) is 12.5. The Morgan fingerprint density at radius 2 is 2.29 bits per heavy atom. The van der Waals surface area contributed by atoms with E-state index in [2.05, 4.69) is 4.98 Å². The number of thiazole rings is 1. The SMILES string of the molecule is CC[C@@]1(C(=O)O)C[C@@H]2CC[C@H]1N2C(=O)Cc1csc(C)n1. The normalized spacial score (nSPS) is 30.9. The zero-order chi connectivity index (χ0) is 15.2. The van der Waals surface area contributed by atoms with Gasteiger partial charge in [0.25, 0.3) is 0 Å². The first kappa shape index (κ1) is 14.5. The number of aromatic nitrogens is 1. The van der Waals surface area contributed by atoms with Crippen molar-refractivity contribution >= 4 is 23.2 Å². The van der Waals surface area contributed by atoms with Gasteiger partial charge in [0.2, 0.25) is 5.91 Å². The van der Waals surface area contributed by atoms with E-state index in [0.717, 1.165) is 23.5 Å². The van der Waals surface area contributed by atoms with Crippen LogP contribution in [0, 0.1) is 12.3 Å². The number of amides is 1. The molecular weight excluding hydrogens is 288 g/mol. The highest BCUT2D eigenvalue weighted by molar-refractivity contribution is 7.09. The van der Waals surface area contributed by atoms with Crippen LogP contribution in [-0.2, 0) is 16.0 Å². The molecule has 6 heteroatoms. The lowest BCUT2D eigenvalue weighted by Crippen LogP contribution is -2.45. The first-order chi connectivity index (χ1) is 9.98. The fourth-order valence-electron chi connectivity index (χ4n) is 4.06. The summed E-state index contributed by atoms with van der Waals surface area (Å²) >= 11 is 1.54. The molecule has 0 aliphatic carbocycles. The molecule has 3 rings (SSSR count). The number of carboxylic acids is 1. The van der Waals surface area contributed by atoms with Crippen molar-refractivity contribution in [2.45, 2.75) is 58.0 Å². The molecular formula is C15H20N2O3S. The van der Waals surface area contributed by atoms with E-state index in [1.54, 1.807) is 0 Å². The highest BCUT2D eigenvalue weighted by Crippen LogP contribution is 2.52. The zero-order valence-corrected chi connectivity index (χ0v) is 13.2. The fourth-order valence-corrected chi connectivity index (χ4v) is 4.67. The molecule has 0 radical (unpaired) electrons. The molecule has 2 fully saturated rings. The molecule has 3 atom stereocenters. The Morgan fingerprint density at radius 3 is 2.81 bits per heavy atom. The van der Waals surface area contributed by atoms with Crippen molar-refractivity contribution < 1.29 is 14.7 Å². The van der Waals surface area contributed by atoms with Crippen molar-refractivity contribution in [2.24, 2.45) is 5.41 Å². The molecule has 1 aromatic heterocycles. The monoisotopic (exact) mass is 308 g/mol. The van der Waals surface area contributed by atoms with Gasteiger partial charge in [0.15, 0.2) is 0 Å². The molecule has 21 heavy (non-hydrogen) atoms. The Morgan fingerprint density at radius 1 is 1.52 bits per heavy atom. The molecule has 0 spiro atoms. The van der Waals surface area contributed by atoms with E-state index in [0.29, 0.717) is 12.8 Å². The predicted octanol–water partition coefficient (Wildman–Crippen LogP) is 2.24. The van der Waals surface area contributed by atoms with E-state index in [4.69, 9.17) is 0 Å². The first-order valence-corrected chi connectivity index (χ1v) is 8.31. The first-order valence-electron chi connectivity index (χ1n) is 7.43. The van der Waals surface area contributed by atoms with Gasteiger partial charge in [-0.2, -0.15) is 0 Å². The van der Waals surface area contributed by atoms with Crippen LogP contribution in [-0.4, -0.2) is 39.0 Å². The molecule has 3 heterocycles. The number of carboxylic acid groups (broad SMARTS) is 1. The quantitative estimate of drug-likeness (QED) is 0.926. The Balaban J connectivity index is 1.80. The van der Waals surface area contributed by atoms with E-state index in [9.17, 15) is 14.7 Å². The molecule has 2 saturated heterocycles. The van der Waals surface area contributed by atoms with E-state index in [1.807, 2.05) is 24.1 Å². The summed E-state index contributed by atoms with van der Waals surface area (Å²) in [7, 11) is 0. The zero-order valence-electron chi connectivity index (χ0n) is 12.3. The fraction of sp³-hybridized carbons (Fsp3) is 0.667. The minimum absolute atomic E-state index is 0.0318. The van der Waals surface area contributed by atoms with E-state index < -0.39 is 11.4 Å². The Hall–Kier alpha value is -1.43. The molecule has 0 saturated carbocycles. The number of aryl methyl sites for hydroxylation is 1. The van der Waals surface area contributed by atoms with Gasteiger partial charge in [0.1, 0.15) is 0 Å². The van der Waals surface area contributed by atoms with Crippen LogP contribution in [0.2, 0.25) is 0 Å². The van der Waals surface area contributed by atoms with Crippen LogP contribution in [0.5, 0.6) is 0 Å². The number of carbonyl (C=O) groups is 2. The number of fused-ring (bicyclic) bond motifs is 2. The summed E-state index contributed by atoms with van der Waals surface area (Å²) < 4.78 is 0. The van der Waals surface area contributed by atoms with Crippen LogP contribution in [0.4, 0.5) is 0 Å². The second-order valence-electron chi connectivity index (χ2n) is 6.10. The lowest BCUT2D eigenvalue weighted by atomic mass is 9.72. The maximum atomic E-state index is 12.6. The Bertz CT molecular complexity index is 585. The molecule has 2 aliphatic heterocycles. The molecule has 1 N–H and O–H groups in total. The van der Waals surface area contributed by atoms with Crippen molar-refractivity contribution in [1.82, 2.24) is 9.88 Å². The summed E-state index contributed by atoms with van der Waals surface area (Å²) in [6.45, 7) is 3.84. The third kappa shape index (κ3) is 2.16. The van der Waals surface area contributed by atoms with Gasteiger partial charge in [0, 0.05) is 17.5 Å². The maximum Gasteiger partial charge on any atom is 0.311 e. The predicted molar refractivity (Wildman–Crippen MR) is 79.2 cm³/mol. The van der Waals surface area contributed by atoms with E-state index in [1.165, 1.54) is 11.3 Å². The minimum atomic E-state index is -0.750. The Kier molecular flexibility index (Phi) is 3.51. The van der Waals surface area contributed by atoms with E-state index >= 15 is 0 Å². The molecule has 0 aromatic carbocycles. The third-order valence-electron chi connectivity index (χ3n) is 5.08. The van der Waals surface area contributed by atoms with Gasteiger partial charge in [-0.05, 0) is 32.6 Å². The summed E-state index contributed by atoms with van der Waals surface area (Å²) in [5.74, 6) is -0.719.